The van der Waals surface area contributed by atoms with Crippen LogP contribution in [0.2, 0.25) is 0 Å². The number of nitrogens with zero attached hydrogens (tertiary/aromatic N) is 3. The topological polar surface area (TPSA) is 98.1 Å². The zero-order valence-electron chi connectivity index (χ0n) is 18.3. The minimum Gasteiger partial charge on any atom is -0.383 e. The highest BCUT2D eigenvalue weighted by Gasteiger charge is 2.36. The number of rotatable bonds is 10. The summed E-state index contributed by atoms with van der Waals surface area (Å²) < 4.78 is 7.30. The Kier molecular flexibility index (Phi) is 6.52. The van der Waals surface area contributed by atoms with Gasteiger partial charge in [-0.1, -0.05) is 11.8 Å². The molecule has 2 N–H and O–H groups in total. The molecule has 0 aromatic carbocycles. The zero-order valence-corrected chi connectivity index (χ0v) is 19.9. The molecule has 3 aliphatic rings. The molecule has 3 aliphatic carbocycles. The summed E-state index contributed by atoms with van der Waals surface area (Å²) in [5, 5.41) is 16.2. The maximum absolute atomic E-state index is 12.9. The Morgan fingerprint density at radius 3 is 2.75 bits per heavy atom. The van der Waals surface area contributed by atoms with Crippen molar-refractivity contribution in [3.8, 4) is 0 Å². The summed E-state index contributed by atoms with van der Waals surface area (Å²) in [5.74, 6) is 1.65. The fraction of sp³-hybridized carbons (Fsp3) is 0.636. The van der Waals surface area contributed by atoms with Crippen LogP contribution < -0.4 is 10.6 Å². The van der Waals surface area contributed by atoms with Crippen molar-refractivity contribution in [2.75, 3.05) is 31.3 Å². The Bertz CT molecular complexity index is 1010. The Hall–Kier alpha value is -1.91. The SMILES string of the molecule is COCCNC(=O)c1c(NC(=O)CSc2nnc(C3CC3)n2C2CC2)sc2c1CCCC2. The van der Waals surface area contributed by atoms with Crippen LogP contribution in [0.4, 0.5) is 5.00 Å². The Morgan fingerprint density at radius 1 is 1.19 bits per heavy atom. The second-order valence-electron chi connectivity index (χ2n) is 8.72. The third kappa shape index (κ3) is 4.72. The first-order valence-corrected chi connectivity index (χ1v) is 13.2. The predicted molar refractivity (Wildman–Crippen MR) is 125 cm³/mol. The molecular formula is C22H29N5O3S2. The molecule has 0 unspecified atom stereocenters. The van der Waals surface area contributed by atoms with Crippen molar-refractivity contribution in [3.63, 3.8) is 0 Å². The van der Waals surface area contributed by atoms with E-state index in [2.05, 4.69) is 25.4 Å². The van der Waals surface area contributed by atoms with Crippen LogP contribution in [0.5, 0.6) is 0 Å². The highest BCUT2D eigenvalue weighted by molar-refractivity contribution is 7.99. The van der Waals surface area contributed by atoms with Gasteiger partial charge in [0.25, 0.3) is 5.91 Å². The molecule has 2 saturated carbocycles. The van der Waals surface area contributed by atoms with Crippen LogP contribution in [0.3, 0.4) is 0 Å². The van der Waals surface area contributed by atoms with Crippen LogP contribution >= 0.6 is 23.1 Å². The van der Waals surface area contributed by atoms with E-state index in [1.54, 1.807) is 18.4 Å². The number of thioether (sulfide) groups is 1. The first-order valence-electron chi connectivity index (χ1n) is 11.4. The van der Waals surface area contributed by atoms with Crippen molar-refractivity contribution in [3.05, 3.63) is 21.8 Å². The number of methoxy groups -OCH3 is 1. The van der Waals surface area contributed by atoms with Gasteiger partial charge in [-0.15, -0.1) is 21.5 Å². The maximum Gasteiger partial charge on any atom is 0.254 e. The van der Waals surface area contributed by atoms with Gasteiger partial charge >= 0.3 is 0 Å². The van der Waals surface area contributed by atoms with Crippen molar-refractivity contribution in [2.24, 2.45) is 0 Å². The summed E-state index contributed by atoms with van der Waals surface area (Å²) in [6, 6.07) is 0.498. The highest BCUT2D eigenvalue weighted by atomic mass is 32.2. The van der Waals surface area contributed by atoms with Crippen LogP contribution in [0.25, 0.3) is 0 Å². The smallest absolute Gasteiger partial charge is 0.254 e. The Balaban J connectivity index is 1.27. The van der Waals surface area contributed by atoms with Gasteiger partial charge in [-0.25, -0.2) is 0 Å². The summed E-state index contributed by atoms with van der Waals surface area (Å²) in [6.07, 6.45) is 8.77. The minimum atomic E-state index is -0.132. The summed E-state index contributed by atoms with van der Waals surface area (Å²) in [6.45, 7) is 0.907. The van der Waals surface area contributed by atoms with Gasteiger partial charge in [0.2, 0.25) is 5.91 Å². The van der Waals surface area contributed by atoms with Crippen LogP contribution in [0.15, 0.2) is 5.16 Å². The van der Waals surface area contributed by atoms with Crippen LogP contribution in [-0.4, -0.2) is 52.6 Å². The van der Waals surface area contributed by atoms with Crippen LogP contribution in [0, 0.1) is 0 Å². The van der Waals surface area contributed by atoms with Crippen molar-refractivity contribution in [2.45, 2.75) is 68.5 Å². The molecule has 0 saturated heterocycles. The van der Waals surface area contributed by atoms with E-state index in [0.717, 1.165) is 42.2 Å². The number of hydrogen-bond donors (Lipinski definition) is 2. The number of aromatic nitrogens is 3. The van der Waals surface area contributed by atoms with Crippen molar-refractivity contribution in [1.29, 1.82) is 0 Å². The van der Waals surface area contributed by atoms with Crippen LogP contribution in [-0.2, 0) is 22.4 Å². The molecule has 32 heavy (non-hydrogen) atoms. The largest absolute Gasteiger partial charge is 0.383 e. The summed E-state index contributed by atoms with van der Waals surface area (Å²) in [5.41, 5.74) is 1.73. The van der Waals surface area contributed by atoms with E-state index in [4.69, 9.17) is 4.74 Å². The number of anilines is 1. The molecule has 5 rings (SSSR count). The monoisotopic (exact) mass is 475 g/mol. The average molecular weight is 476 g/mol. The number of nitrogens with one attached hydrogen (secondary N) is 2. The molecule has 0 radical (unpaired) electrons. The molecule has 2 amide bonds. The zero-order chi connectivity index (χ0) is 22.1. The third-order valence-corrected chi connectivity index (χ3v) is 8.27. The van der Waals surface area contributed by atoms with Gasteiger partial charge < -0.3 is 19.9 Å². The van der Waals surface area contributed by atoms with E-state index in [-0.39, 0.29) is 17.6 Å². The first kappa shape index (κ1) is 21.9. The molecule has 8 nitrogen and oxygen atoms in total. The first-order chi connectivity index (χ1) is 15.7. The molecule has 0 atom stereocenters. The van der Waals surface area contributed by atoms with E-state index in [1.165, 1.54) is 42.3 Å². The van der Waals surface area contributed by atoms with Gasteiger partial charge in [-0.05, 0) is 56.9 Å². The van der Waals surface area contributed by atoms with E-state index in [0.29, 0.717) is 35.7 Å². The van der Waals surface area contributed by atoms with Gasteiger partial charge in [0.05, 0.1) is 17.9 Å². The molecule has 2 heterocycles. The lowest BCUT2D eigenvalue weighted by atomic mass is 9.95. The van der Waals surface area contributed by atoms with E-state index in [9.17, 15) is 9.59 Å². The lowest BCUT2D eigenvalue weighted by Crippen LogP contribution is -2.29. The lowest BCUT2D eigenvalue weighted by Gasteiger charge is -2.13. The molecule has 0 spiro atoms. The number of aryl methyl sites for hydroxylation is 1. The quantitative estimate of drug-likeness (QED) is 0.403. The predicted octanol–water partition coefficient (Wildman–Crippen LogP) is 3.54. The number of carbonyl (C=O) groups is 2. The number of amides is 2. The van der Waals surface area contributed by atoms with Crippen molar-refractivity contribution >= 4 is 39.9 Å². The minimum absolute atomic E-state index is 0.113. The fourth-order valence-electron chi connectivity index (χ4n) is 4.22. The number of thiophene rings is 1. The molecule has 10 heteroatoms. The summed E-state index contributed by atoms with van der Waals surface area (Å²) in [7, 11) is 1.61. The normalized spacial score (nSPS) is 17.8. The van der Waals surface area contributed by atoms with Gasteiger partial charge in [-0.2, -0.15) is 0 Å². The molecule has 0 bridgehead atoms. The highest BCUT2D eigenvalue weighted by Crippen LogP contribution is 2.46. The fourth-order valence-corrected chi connectivity index (χ4v) is 6.34. The number of fused-ring (bicyclic) bond motifs is 1. The number of ether oxygens (including phenoxy) is 1. The third-order valence-electron chi connectivity index (χ3n) is 6.12. The molecule has 2 aromatic heterocycles. The lowest BCUT2D eigenvalue weighted by molar-refractivity contribution is -0.113. The summed E-state index contributed by atoms with van der Waals surface area (Å²) >= 11 is 2.99. The summed E-state index contributed by atoms with van der Waals surface area (Å²) in [4.78, 5) is 27.0. The van der Waals surface area contributed by atoms with Gasteiger partial charge in [0.1, 0.15) is 10.8 Å². The molecule has 2 fully saturated rings. The van der Waals surface area contributed by atoms with Crippen molar-refractivity contribution in [1.82, 2.24) is 20.1 Å². The van der Waals surface area contributed by atoms with E-state index >= 15 is 0 Å². The van der Waals surface area contributed by atoms with E-state index in [1.807, 2.05) is 0 Å². The standard InChI is InChI=1S/C22H29N5O3S2/c1-30-11-10-23-20(29)18-15-4-2-3-5-16(15)32-21(18)24-17(28)12-31-22-26-25-19(13-6-7-13)27(22)14-8-9-14/h13-14H,2-12H2,1H3,(H,23,29)(H,24,28). The second-order valence-corrected chi connectivity index (χ2v) is 10.8. The molecular weight excluding hydrogens is 446 g/mol. The number of carbonyl (C=O) groups excluding carboxylic acids is 2. The average Bonchev–Trinajstić information content (AvgIpc) is 3.72. The second kappa shape index (κ2) is 9.52. The maximum atomic E-state index is 12.9. The van der Waals surface area contributed by atoms with Gasteiger partial charge in [0.15, 0.2) is 5.16 Å². The molecule has 0 aliphatic heterocycles. The number of hydrogen-bond acceptors (Lipinski definition) is 7. The molecule has 172 valence electrons. The van der Waals surface area contributed by atoms with Gasteiger partial charge in [-0.3, -0.25) is 9.59 Å². The van der Waals surface area contributed by atoms with Crippen molar-refractivity contribution < 1.29 is 14.3 Å². The van der Waals surface area contributed by atoms with E-state index < -0.39 is 0 Å². The molecule has 2 aromatic rings. The Morgan fingerprint density at radius 2 is 2.00 bits per heavy atom. The Labute approximate surface area is 195 Å². The van der Waals surface area contributed by atoms with Gasteiger partial charge in [0, 0.05) is 30.5 Å². The van der Waals surface area contributed by atoms with Crippen LogP contribution in [0.1, 0.15) is 77.1 Å².